The third-order valence-corrected chi connectivity index (χ3v) is 4.78. The molecule has 7 heteroatoms. The third-order valence-electron chi connectivity index (χ3n) is 3.85. The molecule has 0 atom stereocenters. The molecule has 3 aromatic rings. The first-order valence-electron chi connectivity index (χ1n) is 7.03. The summed E-state index contributed by atoms with van der Waals surface area (Å²) in [4.78, 5) is 8.48. The molecule has 0 saturated carbocycles. The van der Waals surface area contributed by atoms with Gasteiger partial charge in [0.15, 0.2) is 0 Å². The van der Waals surface area contributed by atoms with Crippen molar-refractivity contribution in [1.29, 1.82) is 0 Å². The lowest BCUT2D eigenvalue weighted by Gasteiger charge is -2.29. The Labute approximate surface area is 136 Å². The summed E-state index contributed by atoms with van der Waals surface area (Å²) in [6, 6.07) is 14.0. The normalized spacial score (nSPS) is 12.5. The van der Waals surface area contributed by atoms with Crippen LogP contribution in [0.3, 0.4) is 0 Å². The fourth-order valence-corrected chi connectivity index (χ4v) is 3.79. The number of anilines is 1. The maximum atomic E-state index is 8.65. The van der Waals surface area contributed by atoms with E-state index in [4.69, 9.17) is 11.4 Å². The van der Waals surface area contributed by atoms with Crippen molar-refractivity contribution in [2.75, 3.05) is 4.41 Å². The van der Waals surface area contributed by atoms with Crippen LogP contribution < -0.4 is 10.3 Å². The van der Waals surface area contributed by atoms with Gasteiger partial charge in [-0.1, -0.05) is 29.4 Å². The van der Waals surface area contributed by atoms with Crippen LogP contribution in [0, 0.1) is 0 Å². The number of aromatic nitrogens is 1. The average Bonchev–Trinajstić information content (AvgIpc) is 2.59. The Hall–Kier alpha value is -2.73. The Balaban J connectivity index is 2.09. The number of rotatable bonds is 2. The van der Waals surface area contributed by atoms with E-state index >= 15 is 0 Å². The van der Waals surface area contributed by atoms with Crippen molar-refractivity contribution in [2.24, 2.45) is 11.0 Å². The predicted molar refractivity (Wildman–Crippen MR) is 92.6 cm³/mol. The minimum absolute atomic E-state index is 0.284. The van der Waals surface area contributed by atoms with Crippen LogP contribution in [0.1, 0.15) is 5.56 Å². The van der Waals surface area contributed by atoms with Crippen molar-refractivity contribution in [3.05, 3.63) is 64.7 Å². The Morgan fingerprint density at radius 3 is 2.96 bits per heavy atom. The highest BCUT2D eigenvalue weighted by Gasteiger charge is 2.25. The van der Waals surface area contributed by atoms with Gasteiger partial charge < -0.3 is 0 Å². The first kappa shape index (κ1) is 13.9. The number of hydrogen-bond acceptors (Lipinski definition) is 5. The molecule has 0 radical (unpaired) electrons. The molecule has 2 N–H and O–H groups in total. The molecule has 2 aromatic carbocycles. The maximum Gasteiger partial charge on any atom is 0.0990 e. The van der Waals surface area contributed by atoms with E-state index in [9.17, 15) is 0 Å². The zero-order valence-corrected chi connectivity index (χ0v) is 12.9. The van der Waals surface area contributed by atoms with Crippen molar-refractivity contribution in [2.45, 2.75) is 11.4 Å². The Bertz CT molecular complexity index is 964. The number of azide groups is 1. The molecule has 1 aliphatic rings. The van der Waals surface area contributed by atoms with E-state index in [-0.39, 0.29) is 6.54 Å². The lowest BCUT2D eigenvalue weighted by molar-refractivity contribution is 1.06. The molecule has 1 aliphatic heterocycles. The van der Waals surface area contributed by atoms with E-state index in [1.165, 1.54) is 11.9 Å². The minimum atomic E-state index is 0.284. The van der Waals surface area contributed by atoms with Crippen molar-refractivity contribution in [1.82, 2.24) is 4.98 Å². The molecule has 6 nitrogen and oxygen atoms in total. The van der Waals surface area contributed by atoms with Gasteiger partial charge in [-0.15, -0.1) is 0 Å². The number of benzene rings is 2. The van der Waals surface area contributed by atoms with Crippen molar-refractivity contribution in [3.63, 3.8) is 0 Å². The Morgan fingerprint density at radius 1 is 1.22 bits per heavy atom. The van der Waals surface area contributed by atoms with E-state index in [0.29, 0.717) is 0 Å². The molecular weight excluding hydrogens is 308 g/mol. The zero-order chi connectivity index (χ0) is 15.8. The first-order chi connectivity index (χ1) is 11.3. The van der Waals surface area contributed by atoms with Gasteiger partial charge in [0, 0.05) is 38.9 Å². The topological polar surface area (TPSA) is 90.9 Å². The SMILES string of the molecule is [N-]=[N+]=NCc1cc2c(c3ncccc13)N(N)Sc1ccccc1-2. The number of pyridine rings is 1. The van der Waals surface area contributed by atoms with Gasteiger partial charge in [0.25, 0.3) is 0 Å². The fourth-order valence-electron chi connectivity index (χ4n) is 2.89. The number of nitrogens with two attached hydrogens (primary N) is 1. The smallest absolute Gasteiger partial charge is 0.0990 e. The van der Waals surface area contributed by atoms with Crippen LogP contribution in [-0.4, -0.2) is 4.98 Å². The molecule has 0 unspecified atom stereocenters. The van der Waals surface area contributed by atoms with Crippen LogP contribution in [0.4, 0.5) is 5.69 Å². The second-order valence-electron chi connectivity index (χ2n) is 5.13. The molecular formula is C16H12N6S. The number of fused-ring (bicyclic) bond motifs is 5. The number of hydrogen-bond donors (Lipinski definition) is 1. The predicted octanol–water partition coefficient (Wildman–Crippen LogP) is 4.41. The molecule has 0 aliphatic carbocycles. The van der Waals surface area contributed by atoms with E-state index in [2.05, 4.69) is 21.1 Å². The number of nitrogens with zero attached hydrogens (tertiary/aromatic N) is 5. The molecule has 0 saturated heterocycles. The highest BCUT2D eigenvalue weighted by atomic mass is 32.2. The summed E-state index contributed by atoms with van der Waals surface area (Å²) in [7, 11) is 0. The summed E-state index contributed by atoms with van der Waals surface area (Å²) in [5.74, 6) is 6.25. The summed E-state index contributed by atoms with van der Waals surface area (Å²) < 4.78 is 1.66. The maximum absolute atomic E-state index is 8.65. The van der Waals surface area contributed by atoms with E-state index < -0.39 is 0 Å². The highest BCUT2D eigenvalue weighted by molar-refractivity contribution is 8.00. The summed E-state index contributed by atoms with van der Waals surface area (Å²) in [5.41, 5.74) is 13.4. The molecule has 112 valence electrons. The van der Waals surface area contributed by atoms with Crippen molar-refractivity contribution in [3.8, 4) is 11.1 Å². The van der Waals surface area contributed by atoms with Gasteiger partial charge in [0.1, 0.15) is 0 Å². The summed E-state index contributed by atoms with van der Waals surface area (Å²) >= 11 is 1.48. The molecule has 23 heavy (non-hydrogen) atoms. The molecule has 0 fully saturated rings. The van der Waals surface area contributed by atoms with Gasteiger partial charge >= 0.3 is 0 Å². The number of hydrazine groups is 1. The van der Waals surface area contributed by atoms with Gasteiger partial charge in [0.2, 0.25) is 0 Å². The van der Waals surface area contributed by atoms with Crippen molar-refractivity contribution >= 4 is 28.5 Å². The molecule has 0 spiro atoms. The summed E-state index contributed by atoms with van der Waals surface area (Å²) in [6.07, 6.45) is 1.75. The zero-order valence-electron chi connectivity index (χ0n) is 12.0. The molecule has 2 heterocycles. The van der Waals surface area contributed by atoms with Crippen LogP contribution in [-0.2, 0) is 6.54 Å². The van der Waals surface area contributed by atoms with Gasteiger partial charge in [-0.25, -0.2) is 10.3 Å². The Kier molecular flexibility index (Phi) is 3.31. The van der Waals surface area contributed by atoms with Gasteiger partial charge in [-0.2, -0.15) is 0 Å². The van der Waals surface area contributed by atoms with Gasteiger partial charge in [-0.3, -0.25) is 4.98 Å². The highest BCUT2D eigenvalue weighted by Crippen LogP contribution is 2.48. The van der Waals surface area contributed by atoms with Crippen LogP contribution in [0.15, 0.2) is 58.7 Å². The second kappa shape index (κ2) is 5.48. The van der Waals surface area contributed by atoms with Gasteiger partial charge in [0.05, 0.1) is 17.7 Å². The quantitative estimate of drug-likeness (QED) is 0.249. The molecule has 0 bridgehead atoms. The largest absolute Gasteiger partial charge is 0.254 e. The Morgan fingerprint density at radius 2 is 2.09 bits per heavy atom. The lowest BCUT2D eigenvalue weighted by atomic mass is 9.96. The van der Waals surface area contributed by atoms with Crippen LogP contribution in [0.25, 0.3) is 32.5 Å². The summed E-state index contributed by atoms with van der Waals surface area (Å²) in [6.45, 7) is 0.284. The third kappa shape index (κ3) is 2.19. The van der Waals surface area contributed by atoms with Crippen LogP contribution in [0.5, 0.6) is 0 Å². The van der Waals surface area contributed by atoms with Crippen molar-refractivity contribution < 1.29 is 0 Å². The summed E-state index contributed by atoms with van der Waals surface area (Å²) in [5, 5.41) is 4.67. The fraction of sp³-hybridized carbons (Fsp3) is 0.0625. The van der Waals surface area contributed by atoms with Crippen LogP contribution >= 0.6 is 11.9 Å². The average molecular weight is 320 g/mol. The van der Waals surface area contributed by atoms with E-state index in [1.54, 1.807) is 10.6 Å². The standard InChI is InChI=1S/C16H12N6S/c17-21-20-9-10-8-13-12-4-1-2-6-14(12)23-22(18)16(13)15-11(10)5-3-7-19-15/h1-8H,9,18H2. The monoisotopic (exact) mass is 320 g/mol. The van der Waals surface area contributed by atoms with Crippen LogP contribution in [0.2, 0.25) is 0 Å². The van der Waals surface area contributed by atoms with E-state index in [1.807, 2.05) is 36.4 Å². The lowest BCUT2D eigenvalue weighted by Crippen LogP contribution is -2.26. The molecule has 4 rings (SSSR count). The molecule has 0 amide bonds. The van der Waals surface area contributed by atoms with Gasteiger partial charge in [-0.05, 0) is 34.9 Å². The first-order valence-corrected chi connectivity index (χ1v) is 7.80. The second-order valence-corrected chi connectivity index (χ2v) is 6.15. The van der Waals surface area contributed by atoms with E-state index in [0.717, 1.165) is 38.2 Å². The molecule has 1 aromatic heterocycles. The minimum Gasteiger partial charge on any atom is -0.254 e.